The smallest absolute Gasteiger partial charge is 0.177 e. The Bertz CT molecular complexity index is 768. The second kappa shape index (κ2) is 5.12. The molecule has 0 radical (unpaired) electrons. The number of halogens is 1. The first-order valence-corrected chi connectivity index (χ1v) is 8.75. The van der Waals surface area contributed by atoms with Crippen LogP contribution in [0.2, 0.25) is 0 Å². The van der Waals surface area contributed by atoms with Gasteiger partial charge in [0, 0.05) is 25.1 Å². The summed E-state index contributed by atoms with van der Waals surface area (Å²) < 4.78 is 18.3. The first kappa shape index (κ1) is 17.1. The first-order valence-electron chi connectivity index (χ1n) is 8.75. The van der Waals surface area contributed by atoms with Crippen molar-refractivity contribution < 1.29 is 19.0 Å². The Morgan fingerprint density at radius 1 is 1.28 bits per heavy atom. The van der Waals surface area contributed by atoms with Crippen molar-refractivity contribution in [1.82, 2.24) is 5.32 Å². The maximum absolute atomic E-state index is 13.1. The van der Waals surface area contributed by atoms with E-state index in [1.807, 2.05) is 13.0 Å². The number of nitrogens with one attached hydrogen (secondary N) is 1. The lowest BCUT2D eigenvalue weighted by molar-refractivity contribution is -0.199. The van der Waals surface area contributed by atoms with Gasteiger partial charge in [0.1, 0.15) is 0 Å². The number of ketones is 1. The summed E-state index contributed by atoms with van der Waals surface area (Å²) in [4.78, 5) is 13.1. The Kier molecular flexibility index (Phi) is 3.51. The molecular weight excluding hydrogens is 342 g/mol. The van der Waals surface area contributed by atoms with E-state index in [1.54, 1.807) is 14.2 Å². The molecule has 1 saturated heterocycles. The maximum Gasteiger partial charge on any atom is 0.177 e. The molecule has 5 rings (SSSR count). The summed E-state index contributed by atoms with van der Waals surface area (Å²) in [5.74, 6) is 1.66. The largest absolute Gasteiger partial charge is 0.493 e. The molecule has 2 aliphatic heterocycles. The van der Waals surface area contributed by atoms with Crippen LogP contribution in [-0.4, -0.2) is 43.8 Å². The van der Waals surface area contributed by atoms with E-state index < -0.39 is 16.6 Å². The van der Waals surface area contributed by atoms with Crippen molar-refractivity contribution in [3.63, 3.8) is 0 Å². The standard InChI is InChI=1S/C19H23NO4.ClH/c1-17-14(21)6-7-19(23-3)13-10-11-4-5-12(22-2)16(24-17)15(11)18(17,19)8-9-20-13;/h4-5,13,20H,6-10H2,1-3H3;1H/t13-,17?,18+,19-;/m1./s1. The van der Waals surface area contributed by atoms with E-state index in [4.69, 9.17) is 14.2 Å². The summed E-state index contributed by atoms with van der Waals surface area (Å²) in [6, 6.07) is 4.30. The van der Waals surface area contributed by atoms with Crippen LogP contribution in [0.1, 0.15) is 37.3 Å². The minimum Gasteiger partial charge on any atom is -0.493 e. The van der Waals surface area contributed by atoms with Crippen LogP contribution >= 0.6 is 12.4 Å². The second-order valence-corrected chi connectivity index (χ2v) is 7.65. The lowest BCUT2D eigenvalue weighted by atomic mass is 9.45. The van der Waals surface area contributed by atoms with E-state index in [0.29, 0.717) is 12.2 Å². The van der Waals surface area contributed by atoms with Gasteiger partial charge in [0.15, 0.2) is 22.9 Å². The minimum absolute atomic E-state index is 0. The van der Waals surface area contributed by atoms with Crippen LogP contribution < -0.4 is 14.8 Å². The van der Waals surface area contributed by atoms with Crippen molar-refractivity contribution in [2.45, 2.75) is 55.3 Å². The number of hydrogen-bond acceptors (Lipinski definition) is 5. The van der Waals surface area contributed by atoms with Gasteiger partial charge in [0.05, 0.1) is 18.1 Å². The van der Waals surface area contributed by atoms with E-state index in [2.05, 4.69) is 11.4 Å². The number of ether oxygens (including phenoxy) is 3. The van der Waals surface area contributed by atoms with E-state index in [9.17, 15) is 4.79 Å². The Morgan fingerprint density at radius 2 is 2.08 bits per heavy atom. The third kappa shape index (κ3) is 1.57. The van der Waals surface area contributed by atoms with Crippen LogP contribution in [0.3, 0.4) is 0 Å². The van der Waals surface area contributed by atoms with Crippen molar-refractivity contribution in [2.75, 3.05) is 20.8 Å². The van der Waals surface area contributed by atoms with Gasteiger partial charge >= 0.3 is 0 Å². The Morgan fingerprint density at radius 3 is 2.80 bits per heavy atom. The number of benzene rings is 1. The van der Waals surface area contributed by atoms with Gasteiger partial charge in [-0.05, 0) is 44.4 Å². The summed E-state index contributed by atoms with van der Waals surface area (Å²) in [5, 5.41) is 3.66. The molecule has 2 bridgehead atoms. The molecule has 1 aromatic carbocycles. The molecule has 6 heteroatoms. The molecule has 25 heavy (non-hydrogen) atoms. The third-order valence-electron chi connectivity index (χ3n) is 7.20. The highest BCUT2D eigenvalue weighted by atomic mass is 35.5. The molecule has 2 aliphatic carbocycles. The number of Topliss-reactive ketones (excluding diaryl/α,β-unsaturated/α-hetero) is 1. The molecule has 0 aromatic heterocycles. The van der Waals surface area contributed by atoms with Gasteiger partial charge in [-0.1, -0.05) is 6.07 Å². The van der Waals surface area contributed by atoms with Gasteiger partial charge in [-0.25, -0.2) is 0 Å². The van der Waals surface area contributed by atoms with E-state index >= 15 is 0 Å². The van der Waals surface area contributed by atoms with Gasteiger partial charge in [0.2, 0.25) is 0 Å². The highest BCUT2D eigenvalue weighted by molar-refractivity contribution is 5.94. The molecule has 5 nitrogen and oxygen atoms in total. The normalized spacial score (nSPS) is 40.0. The number of piperidine rings is 1. The van der Waals surface area contributed by atoms with Crippen LogP contribution in [0.4, 0.5) is 0 Å². The monoisotopic (exact) mass is 365 g/mol. The zero-order valence-electron chi connectivity index (χ0n) is 14.8. The molecule has 2 heterocycles. The van der Waals surface area contributed by atoms with Gasteiger partial charge in [-0.3, -0.25) is 4.79 Å². The Hall–Kier alpha value is -1.30. The highest BCUT2D eigenvalue weighted by Crippen LogP contribution is 2.68. The van der Waals surface area contributed by atoms with Crippen molar-refractivity contribution in [3.8, 4) is 11.5 Å². The van der Waals surface area contributed by atoms with E-state index in [1.165, 1.54) is 5.56 Å². The molecule has 1 spiro atoms. The molecule has 1 N–H and O–H groups in total. The first-order chi connectivity index (χ1) is 11.5. The van der Waals surface area contributed by atoms with Gasteiger partial charge in [-0.15, -0.1) is 12.4 Å². The van der Waals surface area contributed by atoms with Gasteiger partial charge in [-0.2, -0.15) is 0 Å². The lowest BCUT2D eigenvalue weighted by Crippen LogP contribution is -2.80. The molecule has 4 aliphatic rings. The van der Waals surface area contributed by atoms with Crippen LogP contribution in [0.5, 0.6) is 11.5 Å². The number of carbonyl (C=O) groups is 1. The zero-order chi connectivity index (χ0) is 16.7. The molecule has 0 amide bonds. The molecule has 136 valence electrons. The minimum atomic E-state index is -0.881. The van der Waals surface area contributed by atoms with Crippen LogP contribution in [0.15, 0.2) is 12.1 Å². The number of rotatable bonds is 2. The quantitative estimate of drug-likeness (QED) is 0.870. The topological polar surface area (TPSA) is 56.8 Å². The fourth-order valence-electron chi connectivity index (χ4n) is 6.22. The van der Waals surface area contributed by atoms with Crippen LogP contribution in [0, 0.1) is 0 Å². The number of methoxy groups -OCH3 is 2. The van der Waals surface area contributed by atoms with Crippen molar-refractivity contribution in [2.24, 2.45) is 0 Å². The highest BCUT2D eigenvalue weighted by Gasteiger charge is 2.77. The van der Waals surface area contributed by atoms with E-state index in [0.717, 1.165) is 37.1 Å². The summed E-state index contributed by atoms with van der Waals surface area (Å²) in [5.41, 5.74) is 0.704. The summed E-state index contributed by atoms with van der Waals surface area (Å²) in [7, 11) is 3.45. The van der Waals surface area contributed by atoms with Crippen molar-refractivity contribution >= 4 is 18.2 Å². The molecule has 1 aromatic rings. The molecule has 1 saturated carbocycles. The fourth-order valence-corrected chi connectivity index (χ4v) is 6.22. The molecule has 2 fully saturated rings. The summed E-state index contributed by atoms with van der Waals surface area (Å²) >= 11 is 0. The fraction of sp³-hybridized carbons (Fsp3) is 0.632. The maximum atomic E-state index is 13.1. The predicted molar refractivity (Wildman–Crippen MR) is 95.0 cm³/mol. The van der Waals surface area contributed by atoms with E-state index in [-0.39, 0.29) is 24.2 Å². The number of carbonyl (C=O) groups excluding carboxylic acids is 1. The molecule has 4 atom stereocenters. The molecular formula is C19H24ClNO4. The summed E-state index contributed by atoms with van der Waals surface area (Å²) in [6.07, 6.45) is 2.98. The Balaban J connectivity index is 0.00000157. The van der Waals surface area contributed by atoms with Gasteiger partial charge < -0.3 is 19.5 Å². The van der Waals surface area contributed by atoms with Gasteiger partial charge in [0.25, 0.3) is 0 Å². The lowest BCUT2D eigenvalue weighted by Gasteiger charge is -2.64. The van der Waals surface area contributed by atoms with Crippen LogP contribution in [-0.2, 0) is 21.4 Å². The van der Waals surface area contributed by atoms with Crippen molar-refractivity contribution in [3.05, 3.63) is 23.3 Å². The van der Waals surface area contributed by atoms with Crippen molar-refractivity contribution in [1.29, 1.82) is 0 Å². The SMILES string of the molecule is COc1ccc2c3c1OC1(C)C(=O)CC[C@@]4(OC)[C@@H](C2)NCC[C@]314.Cl. The van der Waals surface area contributed by atoms with Crippen LogP contribution in [0.25, 0.3) is 0 Å². The molecule has 1 unspecified atom stereocenters. The average molecular weight is 366 g/mol. The zero-order valence-corrected chi connectivity index (χ0v) is 15.6. The Labute approximate surface area is 153 Å². The third-order valence-corrected chi connectivity index (χ3v) is 7.20. The summed E-state index contributed by atoms with van der Waals surface area (Å²) in [6.45, 7) is 2.84. The second-order valence-electron chi connectivity index (χ2n) is 7.65. The predicted octanol–water partition coefficient (Wildman–Crippen LogP) is 2.17. The average Bonchev–Trinajstić information content (AvgIpc) is 2.85. The number of hydrogen-bond donors (Lipinski definition) is 1.